The smallest absolute Gasteiger partial charge is 0.358 e. The fourth-order valence-corrected chi connectivity index (χ4v) is 4.80. The highest BCUT2D eigenvalue weighted by Crippen LogP contribution is 2.19. The summed E-state index contributed by atoms with van der Waals surface area (Å²) in [6, 6.07) is 23.2. The molecule has 0 radical (unpaired) electrons. The van der Waals surface area contributed by atoms with E-state index >= 15 is 0 Å². The molecule has 0 bridgehead atoms. The van der Waals surface area contributed by atoms with E-state index in [1.54, 1.807) is 98.0 Å². The van der Waals surface area contributed by atoms with Gasteiger partial charge in [0, 0.05) is 17.4 Å². The fraction of sp³-hybridized carbons (Fsp3) is 0.115. The number of amides is 1. The first-order chi connectivity index (χ1) is 16.9. The maximum absolute atomic E-state index is 12.9. The number of carbonyl (C=O) groups is 2. The second kappa shape index (κ2) is 10.4. The minimum atomic E-state index is -3.53. The van der Waals surface area contributed by atoms with Crippen molar-refractivity contribution in [2.45, 2.75) is 17.6 Å². The second-order valence-electron chi connectivity index (χ2n) is 7.64. The Bertz CT molecular complexity index is 1460. The Morgan fingerprint density at radius 2 is 1.71 bits per heavy atom. The Morgan fingerprint density at radius 1 is 0.943 bits per heavy atom. The molecule has 1 N–H and O–H groups in total. The highest BCUT2D eigenvalue weighted by molar-refractivity contribution is 7.90. The Morgan fingerprint density at radius 3 is 2.49 bits per heavy atom. The molecular weight excluding hydrogens is 466 g/mol. The molecule has 1 amide bonds. The van der Waals surface area contributed by atoms with E-state index in [1.165, 1.54) is 4.68 Å². The van der Waals surface area contributed by atoms with Crippen LogP contribution in [0.5, 0.6) is 0 Å². The van der Waals surface area contributed by atoms with Crippen LogP contribution in [-0.2, 0) is 20.3 Å². The third-order valence-corrected chi connectivity index (χ3v) is 6.79. The summed E-state index contributed by atoms with van der Waals surface area (Å²) in [6.45, 7) is 1.98. The number of nitrogens with zero attached hydrogens (tertiary/aromatic N) is 2. The number of esters is 1. The molecule has 0 spiro atoms. The second-order valence-corrected chi connectivity index (χ2v) is 9.63. The predicted molar refractivity (Wildman–Crippen MR) is 131 cm³/mol. The minimum Gasteiger partial charge on any atom is -0.461 e. The Hall–Kier alpha value is -4.24. The van der Waals surface area contributed by atoms with Gasteiger partial charge in [-0.25, -0.2) is 17.9 Å². The van der Waals surface area contributed by atoms with Crippen LogP contribution in [-0.4, -0.2) is 36.7 Å². The van der Waals surface area contributed by atoms with Gasteiger partial charge in [0.2, 0.25) is 0 Å². The minimum absolute atomic E-state index is 0.184. The lowest BCUT2D eigenvalue weighted by atomic mass is 10.1. The summed E-state index contributed by atoms with van der Waals surface area (Å²) >= 11 is 0. The van der Waals surface area contributed by atoms with Crippen LogP contribution in [0.15, 0.2) is 96.0 Å². The summed E-state index contributed by atoms with van der Waals surface area (Å²) in [5.74, 6) is -1.10. The van der Waals surface area contributed by atoms with Crippen LogP contribution < -0.4 is 5.32 Å². The standard InChI is InChI=1S/C26H23N3O5S/c1-2-34-26(31)24-14-15-29(28-24)22-11-7-10-21(17-22)27-25(30)20-9-6-8-19(16-20)18-35(32,33)23-12-4-3-5-13-23/h3-17H,2,18H2,1H3,(H,27,30). The zero-order valence-corrected chi connectivity index (χ0v) is 19.7. The van der Waals surface area contributed by atoms with Crippen LogP contribution in [0.3, 0.4) is 0 Å². The van der Waals surface area contributed by atoms with Gasteiger partial charge in [-0.1, -0.05) is 36.4 Å². The summed E-state index contributed by atoms with van der Waals surface area (Å²) in [6.07, 6.45) is 1.63. The van der Waals surface area contributed by atoms with Crippen LogP contribution in [0.25, 0.3) is 5.69 Å². The van der Waals surface area contributed by atoms with Gasteiger partial charge in [-0.3, -0.25) is 4.79 Å². The van der Waals surface area contributed by atoms with E-state index in [2.05, 4.69) is 10.4 Å². The lowest BCUT2D eigenvalue weighted by Crippen LogP contribution is -2.13. The largest absolute Gasteiger partial charge is 0.461 e. The summed E-state index contributed by atoms with van der Waals surface area (Å²) < 4.78 is 31.8. The molecule has 9 heteroatoms. The highest BCUT2D eigenvalue weighted by atomic mass is 32.2. The molecular formula is C26H23N3O5S. The average molecular weight is 490 g/mol. The van der Waals surface area contributed by atoms with E-state index in [4.69, 9.17) is 4.74 Å². The maximum Gasteiger partial charge on any atom is 0.358 e. The molecule has 0 atom stereocenters. The summed E-state index contributed by atoms with van der Waals surface area (Å²) in [7, 11) is -3.53. The SMILES string of the molecule is CCOC(=O)c1ccn(-c2cccc(NC(=O)c3cccc(CS(=O)(=O)c4ccccc4)c3)c2)n1. The molecule has 0 unspecified atom stereocenters. The number of benzene rings is 3. The number of hydrogen-bond donors (Lipinski definition) is 1. The van der Waals surface area contributed by atoms with Gasteiger partial charge in [0.25, 0.3) is 5.91 Å². The number of sulfone groups is 1. The van der Waals surface area contributed by atoms with E-state index in [1.807, 2.05) is 0 Å². The molecule has 178 valence electrons. The first-order valence-corrected chi connectivity index (χ1v) is 12.5. The molecule has 3 aromatic carbocycles. The number of hydrogen-bond acceptors (Lipinski definition) is 6. The van der Waals surface area contributed by atoms with Gasteiger partial charge in [0.15, 0.2) is 15.5 Å². The lowest BCUT2D eigenvalue weighted by Gasteiger charge is -2.09. The third-order valence-electron chi connectivity index (χ3n) is 5.09. The quantitative estimate of drug-likeness (QED) is 0.370. The van der Waals surface area contributed by atoms with E-state index in [-0.39, 0.29) is 28.9 Å². The van der Waals surface area contributed by atoms with Gasteiger partial charge in [-0.05, 0) is 61.0 Å². The maximum atomic E-state index is 12.9. The first-order valence-electron chi connectivity index (χ1n) is 10.9. The number of anilines is 1. The highest BCUT2D eigenvalue weighted by Gasteiger charge is 2.16. The van der Waals surface area contributed by atoms with E-state index < -0.39 is 15.8 Å². The van der Waals surface area contributed by atoms with Gasteiger partial charge >= 0.3 is 5.97 Å². The molecule has 8 nitrogen and oxygen atoms in total. The average Bonchev–Trinajstić information content (AvgIpc) is 3.36. The van der Waals surface area contributed by atoms with Crippen molar-refractivity contribution in [3.8, 4) is 5.69 Å². The normalized spacial score (nSPS) is 11.1. The molecule has 1 aromatic heterocycles. The van der Waals surface area contributed by atoms with Crippen molar-refractivity contribution in [2.24, 2.45) is 0 Å². The van der Waals surface area contributed by atoms with Crippen molar-refractivity contribution in [2.75, 3.05) is 11.9 Å². The van der Waals surface area contributed by atoms with Crippen molar-refractivity contribution in [1.82, 2.24) is 9.78 Å². The molecule has 0 aliphatic carbocycles. The van der Waals surface area contributed by atoms with E-state index in [9.17, 15) is 18.0 Å². The summed E-state index contributed by atoms with van der Waals surface area (Å²) in [4.78, 5) is 25.0. The van der Waals surface area contributed by atoms with Crippen LogP contribution in [0.4, 0.5) is 5.69 Å². The number of aromatic nitrogens is 2. The molecule has 0 aliphatic rings. The zero-order chi connectivity index (χ0) is 24.8. The van der Waals surface area contributed by atoms with E-state index in [0.29, 0.717) is 22.5 Å². The third kappa shape index (κ3) is 5.82. The van der Waals surface area contributed by atoms with Gasteiger partial charge in [0.05, 0.1) is 22.9 Å². The first kappa shape index (κ1) is 23.9. The number of nitrogens with one attached hydrogen (secondary N) is 1. The summed E-state index contributed by atoms with van der Waals surface area (Å²) in [5, 5.41) is 7.04. The molecule has 0 saturated carbocycles. The molecule has 4 aromatic rings. The predicted octanol–water partition coefficient (Wildman–Crippen LogP) is 4.28. The fourth-order valence-electron chi connectivity index (χ4n) is 3.44. The lowest BCUT2D eigenvalue weighted by molar-refractivity contribution is 0.0518. The van der Waals surface area contributed by atoms with Crippen LogP contribution >= 0.6 is 0 Å². The van der Waals surface area contributed by atoms with Gasteiger partial charge in [-0.15, -0.1) is 0 Å². The Kier molecular flexibility index (Phi) is 7.07. The van der Waals surface area contributed by atoms with Gasteiger partial charge in [-0.2, -0.15) is 5.10 Å². The molecule has 35 heavy (non-hydrogen) atoms. The van der Waals surface area contributed by atoms with Crippen molar-refractivity contribution in [1.29, 1.82) is 0 Å². The molecule has 4 rings (SSSR count). The topological polar surface area (TPSA) is 107 Å². The summed E-state index contributed by atoms with van der Waals surface area (Å²) in [5.41, 5.74) is 2.19. The van der Waals surface area contributed by atoms with Crippen molar-refractivity contribution in [3.63, 3.8) is 0 Å². The number of ether oxygens (including phenoxy) is 1. The van der Waals surface area contributed by atoms with Crippen molar-refractivity contribution >= 4 is 27.4 Å². The van der Waals surface area contributed by atoms with Crippen molar-refractivity contribution in [3.05, 3.63) is 108 Å². The van der Waals surface area contributed by atoms with Crippen LogP contribution in [0.2, 0.25) is 0 Å². The Balaban J connectivity index is 1.48. The van der Waals surface area contributed by atoms with Gasteiger partial charge in [0.1, 0.15) is 0 Å². The van der Waals surface area contributed by atoms with Gasteiger partial charge < -0.3 is 10.1 Å². The monoisotopic (exact) mass is 489 g/mol. The van der Waals surface area contributed by atoms with E-state index in [0.717, 1.165) is 0 Å². The number of carbonyl (C=O) groups excluding carboxylic acids is 2. The molecule has 1 heterocycles. The molecule has 0 fully saturated rings. The van der Waals surface area contributed by atoms with Crippen LogP contribution in [0, 0.1) is 0 Å². The Labute approximate surface area is 203 Å². The molecule has 0 saturated heterocycles. The zero-order valence-electron chi connectivity index (χ0n) is 18.9. The number of rotatable bonds is 8. The van der Waals surface area contributed by atoms with Crippen molar-refractivity contribution < 1.29 is 22.7 Å². The molecule has 0 aliphatic heterocycles. The van der Waals surface area contributed by atoms with Crippen LogP contribution in [0.1, 0.15) is 33.3 Å².